The van der Waals surface area contributed by atoms with Gasteiger partial charge < -0.3 is 0 Å². The molecule has 0 spiro atoms. The number of nitrogens with zero attached hydrogens (tertiary/aromatic N) is 1. The summed E-state index contributed by atoms with van der Waals surface area (Å²) in [6.07, 6.45) is 12.4. The van der Waals surface area contributed by atoms with Gasteiger partial charge in [0, 0.05) is 28.8 Å². The molecule has 0 bridgehead atoms. The summed E-state index contributed by atoms with van der Waals surface area (Å²) >= 11 is 0. The minimum Gasteiger partial charge on any atom is -0.289 e. The largest absolute Gasteiger partial charge is 0.289 e. The molecule has 2 aliphatic heterocycles. The second-order valence-corrected chi connectivity index (χ2v) is 12.0. The second kappa shape index (κ2) is 9.00. The first kappa shape index (κ1) is 25.2. The number of nitrogens with one attached hydrogen (secondary N) is 1. The van der Waals surface area contributed by atoms with Crippen molar-refractivity contribution in [3.63, 3.8) is 0 Å². The summed E-state index contributed by atoms with van der Waals surface area (Å²) in [5.74, 6) is 0.0462. The van der Waals surface area contributed by atoms with E-state index in [2.05, 4.69) is 131 Å². The van der Waals surface area contributed by atoms with Crippen molar-refractivity contribution in [1.29, 1.82) is 0 Å². The molecule has 0 amide bonds. The van der Waals surface area contributed by atoms with Crippen LogP contribution in [0, 0.1) is 0 Å². The number of para-hydroxylation sites is 2. The first-order valence-corrected chi connectivity index (χ1v) is 13.7. The van der Waals surface area contributed by atoms with Crippen molar-refractivity contribution < 1.29 is 14.3 Å². The van der Waals surface area contributed by atoms with E-state index in [9.17, 15) is 4.79 Å². The van der Waals surface area contributed by atoms with Crippen molar-refractivity contribution in [3.05, 3.63) is 123 Å². The van der Waals surface area contributed by atoms with E-state index in [1.807, 2.05) is 12.2 Å². The molecule has 1 atom stereocenters. The summed E-state index contributed by atoms with van der Waals surface area (Å²) in [6.45, 7) is 9.09. The molecule has 0 saturated heterocycles. The number of likely N-dealkylation sites (N-methyl/N-ethyl adjacent to an activating group) is 1. The van der Waals surface area contributed by atoms with E-state index in [0.29, 0.717) is 5.57 Å². The van der Waals surface area contributed by atoms with E-state index in [-0.39, 0.29) is 16.6 Å². The molecule has 2 heterocycles. The van der Waals surface area contributed by atoms with E-state index in [1.54, 1.807) is 6.08 Å². The van der Waals surface area contributed by atoms with E-state index >= 15 is 0 Å². The molecule has 0 radical (unpaired) electrons. The van der Waals surface area contributed by atoms with Gasteiger partial charge in [-0.25, -0.2) is 0 Å². The van der Waals surface area contributed by atoms with Crippen molar-refractivity contribution in [2.75, 3.05) is 14.1 Å². The minimum absolute atomic E-state index is 0.0258. The van der Waals surface area contributed by atoms with Crippen LogP contribution >= 0.6 is 0 Å². The highest BCUT2D eigenvalue weighted by Crippen LogP contribution is 2.39. The fraction of sp³-hybridized carbons (Fsp3) is 0.222. The predicted octanol–water partition coefficient (Wildman–Crippen LogP) is 4.50. The number of quaternary nitrogens is 1. The number of ketones is 1. The Morgan fingerprint density at radius 3 is 2.26 bits per heavy atom. The number of fused-ring (bicyclic) bond motifs is 3. The van der Waals surface area contributed by atoms with Crippen LogP contribution < -0.4 is 15.3 Å². The van der Waals surface area contributed by atoms with E-state index in [4.69, 9.17) is 0 Å². The van der Waals surface area contributed by atoms with Crippen LogP contribution in [0.4, 0.5) is 11.4 Å². The Balaban J connectivity index is 1.34. The van der Waals surface area contributed by atoms with Gasteiger partial charge in [-0.05, 0) is 86.2 Å². The van der Waals surface area contributed by atoms with Crippen LogP contribution in [0.25, 0.3) is 18.2 Å². The lowest BCUT2D eigenvalue weighted by molar-refractivity contribution is -0.764. The average molecular weight is 513 g/mol. The molecule has 1 N–H and O–H groups in total. The fourth-order valence-corrected chi connectivity index (χ4v) is 6.64. The average Bonchev–Trinajstić information content (AvgIpc) is 3.24. The lowest BCUT2D eigenvalue weighted by Crippen LogP contribution is -3.01. The normalized spacial score (nSPS) is 22.2. The van der Waals surface area contributed by atoms with Gasteiger partial charge in [0.15, 0.2) is 11.5 Å². The van der Waals surface area contributed by atoms with Crippen molar-refractivity contribution in [2.24, 2.45) is 0 Å². The first-order valence-electron chi connectivity index (χ1n) is 13.7. The van der Waals surface area contributed by atoms with Gasteiger partial charge in [0.05, 0.1) is 17.9 Å². The number of carbonyl (C=O) groups is 1. The molecule has 3 nitrogen and oxygen atoms in total. The van der Waals surface area contributed by atoms with Crippen molar-refractivity contribution >= 4 is 41.1 Å². The maximum atomic E-state index is 13.0. The molecule has 1 aliphatic carbocycles. The minimum atomic E-state index is -0.125. The van der Waals surface area contributed by atoms with Gasteiger partial charge in [-0.15, -0.1) is 0 Å². The molecular weight excluding hydrogens is 476 g/mol. The summed E-state index contributed by atoms with van der Waals surface area (Å²) in [7, 11) is 4.33. The summed E-state index contributed by atoms with van der Waals surface area (Å²) < 4.78 is 2.24. The molecule has 6 rings (SSSR count). The summed E-state index contributed by atoms with van der Waals surface area (Å²) in [4.78, 5) is 14.3. The Morgan fingerprint density at radius 1 is 0.795 bits per heavy atom. The molecule has 3 aromatic rings. The topological polar surface area (TPSA) is 24.5 Å². The Bertz CT molecular complexity index is 1790. The Labute approximate surface area is 231 Å². The van der Waals surface area contributed by atoms with E-state index < -0.39 is 0 Å². The molecule has 3 heteroatoms. The molecular formula is C36H36N2O+2. The van der Waals surface area contributed by atoms with Crippen molar-refractivity contribution in [2.45, 2.75) is 38.5 Å². The van der Waals surface area contributed by atoms with Gasteiger partial charge in [0.2, 0.25) is 5.69 Å². The van der Waals surface area contributed by atoms with Crippen LogP contribution in [0.1, 0.15) is 44.4 Å². The zero-order valence-corrected chi connectivity index (χ0v) is 23.7. The molecule has 194 valence electrons. The van der Waals surface area contributed by atoms with Gasteiger partial charge in [-0.2, -0.15) is 4.58 Å². The zero-order valence-electron chi connectivity index (χ0n) is 23.7. The van der Waals surface area contributed by atoms with Crippen LogP contribution in [0.3, 0.4) is 0 Å². The van der Waals surface area contributed by atoms with E-state index in [1.165, 1.54) is 38.8 Å². The smallest absolute Gasteiger partial charge is 0.209 e. The SMILES string of the molecule is C[N+]1=C(C=CC2=Cc3cc(=CC=C4[NH+](C)c5ccccc5C4(C)C)ccc3=CC2=O)C(C)(C)c2ccccc21. The number of hydrogen-bond acceptors (Lipinski definition) is 1. The number of Topliss-reactive ketones (excluding diaryl/α,β-unsaturated/α-hetero) is 1. The van der Waals surface area contributed by atoms with Crippen LogP contribution in [0.5, 0.6) is 0 Å². The standard InChI is InChI=1S/C36H35N2O/c1-35(2)28-11-7-9-13-30(28)37(5)33(35)19-16-24-15-17-25-23-32(39)26(22-27(25)21-24)18-20-34-36(3,4)29-12-8-10-14-31(29)38(34)6/h7-23H,1-6H3/q+1/p+1. The fourth-order valence-electron chi connectivity index (χ4n) is 6.64. The van der Waals surface area contributed by atoms with Crippen LogP contribution in [0.2, 0.25) is 0 Å². The highest BCUT2D eigenvalue weighted by molar-refractivity contribution is 6.22. The van der Waals surface area contributed by atoms with Crippen LogP contribution in [-0.2, 0) is 15.6 Å². The summed E-state index contributed by atoms with van der Waals surface area (Å²) in [5.41, 5.74) is 9.43. The highest BCUT2D eigenvalue weighted by Gasteiger charge is 2.43. The number of carbonyl (C=O) groups excluding carboxylic acids is 1. The third kappa shape index (κ3) is 4.00. The molecule has 1 unspecified atom stereocenters. The predicted molar refractivity (Wildman–Crippen MR) is 161 cm³/mol. The van der Waals surface area contributed by atoms with Gasteiger partial charge in [-0.1, -0.05) is 48.5 Å². The molecule has 0 saturated carbocycles. The Kier molecular flexibility index (Phi) is 5.82. The van der Waals surface area contributed by atoms with Gasteiger partial charge in [0.25, 0.3) is 0 Å². The lowest BCUT2D eigenvalue weighted by atomic mass is 9.81. The monoisotopic (exact) mass is 512 g/mol. The maximum Gasteiger partial charge on any atom is 0.209 e. The number of rotatable bonds is 3. The Hall–Kier alpha value is -4.08. The van der Waals surface area contributed by atoms with Gasteiger partial charge in [-0.3, -0.25) is 9.69 Å². The number of allylic oxidation sites excluding steroid dienone is 5. The quantitative estimate of drug-likeness (QED) is 0.514. The third-order valence-electron chi connectivity index (χ3n) is 8.88. The summed E-state index contributed by atoms with van der Waals surface area (Å²) in [5, 5.41) is 2.10. The molecule has 0 fully saturated rings. The maximum absolute atomic E-state index is 13.0. The lowest BCUT2D eigenvalue weighted by Gasteiger charge is -2.18. The van der Waals surface area contributed by atoms with Gasteiger partial charge >= 0.3 is 0 Å². The number of hydrogen-bond donors (Lipinski definition) is 1. The number of benzene rings is 3. The molecule has 3 aromatic carbocycles. The van der Waals surface area contributed by atoms with Crippen LogP contribution in [0.15, 0.2) is 96.2 Å². The highest BCUT2D eigenvalue weighted by atomic mass is 16.1. The van der Waals surface area contributed by atoms with Gasteiger partial charge in [0.1, 0.15) is 18.4 Å². The Morgan fingerprint density at radius 2 is 1.51 bits per heavy atom. The molecule has 3 aliphatic rings. The molecule has 0 aromatic heterocycles. The van der Waals surface area contributed by atoms with E-state index in [0.717, 1.165) is 16.0 Å². The summed E-state index contributed by atoms with van der Waals surface area (Å²) in [6, 6.07) is 23.6. The molecule has 39 heavy (non-hydrogen) atoms. The first-order chi connectivity index (χ1) is 18.6. The van der Waals surface area contributed by atoms with Crippen molar-refractivity contribution in [1.82, 2.24) is 0 Å². The van der Waals surface area contributed by atoms with Crippen LogP contribution in [-0.4, -0.2) is 30.2 Å². The zero-order chi connectivity index (χ0) is 27.5. The third-order valence-corrected chi connectivity index (χ3v) is 8.88. The second-order valence-electron chi connectivity index (χ2n) is 12.0. The van der Waals surface area contributed by atoms with Crippen molar-refractivity contribution in [3.8, 4) is 0 Å².